The zero-order valence-electron chi connectivity index (χ0n) is 15.1. The van der Waals surface area contributed by atoms with Crippen LogP contribution in [0.5, 0.6) is 0 Å². The Balaban J connectivity index is 1.66. The maximum absolute atomic E-state index is 12.5. The van der Waals surface area contributed by atoms with Gasteiger partial charge in [-0.2, -0.15) is 9.78 Å². The molecular weight excluding hydrogens is 358 g/mol. The molecule has 3 aromatic heterocycles. The molecule has 2 N–H and O–H groups in total. The molecule has 136 valence electrons. The van der Waals surface area contributed by atoms with E-state index in [-0.39, 0.29) is 11.8 Å². The van der Waals surface area contributed by atoms with E-state index in [1.165, 1.54) is 9.75 Å². The smallest absolute Gasteiger partial charge is 0.231 e. The van der Waals surface area contributed by atoms with E-state index in [1.807, 2.05) is 31.2 Å². The van der Waals surface area contributed by atoms with Crippen molar-refractivity contribution in [2.24, 2.45) is 0 Å². The van der Waals surface area contributed by atoms with Gasteiger partial charge in [-0.15, -0.1) is 11.3 Å². The number of benzene rings is 1. The van der Waals surface area contributed by atoms with Gasteiger partial charge in [0.2, 0.25) is 11.9 Å². The Morgan fingerprint density at radius 1 is 1.26 bits per heavy atom. The van der Waals surface area contributed by atoms with Crippen molar-refractivity contribution in [2.75, 3.05) is 5.32 Å². The van der Waals surface area contributed by atoms with E-state index in [4.69, 9.17) is 5.10 Å². The van der Waals surface area contributed by atoms with E-state index in [0.717, 1.165) is 34.5 Å². The van der Waals surface area contributed by atoms with Gasteiger partial charge in [0, 0.05) is 27.7 Å². The molecule has 4 heterocycles. The second-order valence-corrected chi connectivity index (χ2v) is 8.00. The van der Waals surface area contributed by atoms with E-state index in [2.05, 4.69) is 34.3 Å². The van der Waals surface area contributed by atoms with Crippen LogP contribution >= 0.6 is 11.3 Å². The Hall–Kier alpha value is -2.93. The summed E-state index contributed by atoms with van der Waals surface area (Å²) in [6.45, 7) is 4.15. The van der Waals surface area contributed by atoms with Crippen LogP contribution in [0, 0.1) is 6.92 Å². The summed E-state index contributed by atoms with van der Waals surface area (Å²) >= 11 is 1.78. The largest absolute Gasteiger partial charge is 0.322 e. The van der Waals surface area contributed by atoms with Crippen molar-refractivity contribution in [1.82, 2.24) is 19.7 Å². The molecule has 5 rings (SSSR count). The molecule has 0 saturated carbocycles. The van der Waals surface area contributed by atoms with Gasteiger partial charge in [-0.05, 0) is 37.6 Å². The minimum absolute atomic E-state index is 0.0104. The number of carbonyl (C=O) groups excluding carboxylic acids is 1. The molecule has 27 heavy (non-hydrogen) atoms. The van der Waals surface area contributed by atoms with Crippen LogP contribution in [-0.2, 0) is 11.2 Å². The Kier molecular flexibility index (Phi) is 3.65. The van der Waals surface area contributed by atoms with E-state index in [9.17, 15) is 4.79 Å². The summed E-state index contributed by atoms with van der Waals surface area (Å²) in [4.78, 5) is 23.0. The number of nitrogens with zero attached hydrogens (tertiary/aromatic N) is 3. The van der Waals surface area contributed by atoms with Crippen LogP contribution in [0.4, 0.5) is 5.82 Å². The molecule has 0 bridgehead atoms. The number of aryl methyl sites for hydroxylation is 2. The van der Waals surface area contributed by atoms with Crippen LogP contribution in [-0.4, -0.2) is 25.7 Å². The second-order valence-electron chi connectivity index (χ2n) is 6.80. The topological polar surface area (TPSA) is 75.6 Å². The van der Waals surface area contributed by atoms with Gasteiger partial charge in [-0.1, -0.05) is 19.1 Å². The SMILES string of the molecule is CCc1ccc(C2CC(=O)Nc3c2c(C)nn3-c2nc3ccccc3[nH]2)s1. The Morgan fingerprint density at radius 3 is 2.89 bits per heavy atom. The Bertz CT molecular complexity index is 1140. The molecule has 1 amide bonds. The first-order valence-electron chi connectivity index (χ1n) is 9.07. The molecule has 0 aliphatic carbocycles. The lowest BCUT2D eigenvalue weighted by Gasteiger charge is -2.22. The quantitative estimate of drug-likeness (QED) is 0.563. The van der Waals surface area contributed by atoms with Crippen molar-refractivity contribution < 1.29 is 4.79 Å². The van der Waals surface area contributed by atoms with Crippen LogP contribution in [0.1, 0.15) is 40.3 Å². The zero-order valence-corrected chi connectivity index (χ0v) is 15.9. The number of hydrogen-bond acceptors (Lipinski definition) is 4. The van der Waals surface area contributed by atoms with Gasteiger partial charge in [0.1, 0.15) is 5.82 Å². The van der Waals surface area contributed by atoms with Crippen LogP contribution in [0.15, 0.2) is 36.4 Å². The van der Waals surface area contributed by atoms with Gasteiger partial charge < -0.3 is 10.3 Å². The molecular formula is C20H19N5OS. The number of nitrogens with one attached hydrogen (secondary N) is 2. The first-order valence-corrected chi connectivity index (χ1v) is 9.88. The van der Waals surface area contributed by atoms with Crippen molar-refractivity contribution in [3.05, 3.63) is 57.4 Å². The highest BCUT2D eigenvalue weighted by Crippen LogP contribution is 2.42. The maximum Gasteiger partial charge on any atom is 0.231 e. The average Bonchev–Trinajstić information content (AvgIpc) is 3.37. The fourth-order valence-electron chi connectivity index (χ4n) is 3.75. The molecule has 1 aliphatic heterocycles. The lowest BCUT2D eigenvalue weighted by Crippen LogP contribution is -2.24. The van der Waals surface area contributed by atoms with Gasteiger partial charge in [0.25, 0.3) is 0 Å². The summed E-state index contributed by atoms with van der Waals surface area (Å²) in [5, 5.41) is 7.73. The van der Waals surface area contributed by atoms with Crippen LogP contribution < -0.4 is 5.32 Å². The number of para-hydroxylation sites is 2. The molecule has 1 aliphatic rings. The molecule has 0 saturated heterocycles. The lowest BCUT2D eigenvalue weighted by molar-refractivity contribution is -0.116. The van der Waals surface area contributed by atoms with Gasteiger partial charge >= 0.3 is 0 Å². The molecule has 6 nitrogen and oxygen atoms in total. The number of hydrogen-bond donors (Lipinski definition) is 2. The van der Waals surface area contributed by atoms with Crippen molar-refractivity contribution in [3.8, 4) is 5.95 Å². The summed E-state index contributed by atoms with van der Waals surface area (Å²) in [5.74, 6) is 1.38. The van der Waals surface area contributed by atoms with Gasteiger partial charge in [0.05, 0.1) is 16.7 Å². The fraction of sp³-hybridized carbons (Fsp3) is 0.250. The summed E-state index contributed by atoms with van der Waals surface area (Å²) in [6, 6.07) is 12.2. The molecule has 0 fully saturated rings. The van der Waals surface area contributed by atoms with Gasteiger partial charge in [0.15, 0.2) is 0 Å². The predicted octanol–water partition coefficient (Wildman–Crippen LogP) is 4.16. The van der Waals surface area contributed by atoms with Gasteiger partial charge in [-0.25, -0.2) is 4.98 Å². The number of carbonyl (C=O) groups is 1. The third-order valence-corrected chi connectivity index (χ3v) is 6.40. The van der Waals surface area contributed by atoms with Crippen molar-refractivity contribution in [2.45, 2.75) is 32.6 Å². The highest BCUT2D eigenvalue weighted by Gasteiger charge is 2.34. The number of rotatable bonds is 3. The molecule has 0 spiro atoms. The van der Waals surface area contributed by atoms with Crippen molar-refractivity contribution >= 4 is 34.1 Å². The average molecular weight is 377 g/mol. The molecule has 1 atom stereocenters. The minimum atomic E-state index is 0.0104. The normalized spacial score (nSPS) is 16.5. The third kappa shape index (κ3) is 2.57. The highest BCUT2D eigenvalue weighted by atomic mass is 32.1. The molecule has 7 heteroatoms. The summed E-state index contributed by atoms with van der Waals surface area (Å²) in [5.41, 5.74) is 3.82. The standard InChI is InChI=1S/C20H19N5OS/c1-3-12-8-9-16(27-12)13-10-17(26)23-19-18(13)11(2)24-25(19)20-21-14-6-4-5-7-15(14)22-20/h4-9,13H,3,10H2,1-2H3,(H,21,22)(H,23,26). The molecule has 4 aromatic rings. The number of thiophene rings is 1. The summed E-state index contributed by atoms with van der Waals surface area (Å²) in [6.07, 6.45) is 1.46. The molecule has 0 radical (unpaired) electrons. The van der Waals surface area contributed by atoms with E-state index < -0.39 is 0 Å². The fourth-order valence-corrected chi connectivity index (χ4v) is 4.82. The van der Waals surface area contributed by atoms with Gasteiger partial charge in [-0.3, -0.25) is 4.79 Å². The van der Waals surface area contributed by atoms with Crippen LogP contribution in [0.25, 0.3) is 17.0 Å². The van der Waals surface area contributed by atoms with Crippen molar-refractivity contribution in [3.63, 3.8) is 0 Å². The zero-order chi connectivity index (χ0) is 18.5. The summed E-state index contributed by atoms with van der Waals surface area (Å²) < 4.78 is 1.73. The second kappa shape index (κ2) is 6.06. The highest BCUT2D eigenvalue weighted by molar-refractivity contribution is 7.12. The van der Waals surface area contributed by atoms with Crippen molar-refractivity contribution in [1.29, 1.82) is 0 Å². The number of anilines is 1. The molecule has 1 aromatic carbocycles. The number of imidazole rings is 1. The van der Waals surface area contributed by atoms with Crippen LogP contribution in [0.2, 0.25) is 0 Å². The first kappa shape index (κ1) is 16.3. The van der Waals surface area contributed by atoms with E-state index in [0.29, 0.717) is 12.4 Å². The first-order chi connectivity index (χ1) is 13.1. The number of fused-ring (bicyclic) bond motifs is 2. The van der Waals surface area contributed by atoms with E-state index >= 15 is 0 Å². The maximum atomic E-state index is 12.5. The van der Waals surface area contributed by atoms with Crippen LogP contribution in [0.3, 0.4) is 0 Å². The Morgan fingerprint density at radius 2 is 2.11 bits per heavy atom. The number of H-pyrrole nitrogens is 1. The Labute approximate surface area is 160 Å². The van der Waals surface area contributed by atoms with E-state index in [1.54, 1.807) is 16.0 Å². The summed E-state index contributed by atoms with van der Waals surface area (Å²) in [7, 11) is 0. The predicted molar refractivity (Wildman–Crippen MR) is 107 cm³/mol. The third-order valence-electron chi connectivity index (χ3n) is 5.05. The molecule has 1 unspecified atom stereocenters. The number of amides is 1. The number of aromatic amines is 1. The number of aromatic nitrogens is 4. The lowest BCUT2D eigenvalue weighted by atomic mass is 9.91. The minimum Gasteiger partial charge on any atom is -0.322 e. The monoisotopic (exact) mass is 377 g/mol.